The van der Waals surface area contributed by atoms with E-state index in [0.717, 1.165) is 11.1 Å². The molecule has 0 radical (unpaired) electrons. The molecule has 3 N–H and O–H groups in total. The summed E-state index contributed by atoms with van der Waals surface area (Å²) in [5.74, 6) is -3.47. The summed E-state index contributed by atoms with van der Waals surface area (Å²) in [6, 6.07) is 7.35. The van der Waals surface area contributed by atoms with Gasteiger partial charge in [0.05, 0.1) is 19.5 Å². The molecule has 0 aliphatic rings. The number of halogens is 2. The molecule has 0 heterocycles. The van der Waals surface area contributed by atoms with Gasteiger partial charge in [-0.3, -0.25) is 4.79 Å². The van der Waals surface area contributed by atoms with Crippen LogP contribution in [0.3, 0.4) is 0 Å². The van der Waals surface area contributed by atoms with Crippen LogP contribution in [0.2, 0.25) is 0 Å². The summed E-state index contributed by atoms with van der Waals surface area (Å²) in [4.78, 5) is 11.4. The van der Waals surface area contributed by atoms with Gasteiger partial charge in [-0.2, -0.15) is 0 Å². The molecule has 1 rings (SSSR count). The lowest BCUT2D eigenvalue weighted by atomic mass is 10.1. The molecule has 1 amide bonds. The van der Waals surface area contributed by atoms with Gasteiger partial charge in [-0.25, -0.2) is 8.78 Å². The highest BCUT2D eigenvalue weighted by atomic mass is 19.3. The third-order valence-electron chi connectivity index (χ3n) is 2.33. The smallest absolute Gasteiger partial charge is 0.277 e. The van der Waals surface area contributed by atoms with Crippen LogP contribution in [0.5, 0.6) is 0 Å². The first-order valence-electron chi connectivity index (χ1n) is 5.33. The molecule has 3 nitrogen and oxygen atoms in total. The maximum absolute atomic E-state index is 12.8. The van der Waals surface area contributed by atoms with Crippen LogP contribution < -0.4 is 11.1 Å². The van der Waals surface area contributed by atoms with Crippen LogP contribution in [0.15, 0.2) is 24.3 Å². The zero-order chi connectivity index (χ0) is 12.9. The van der Waals surface area contributed by atoms with Crippen molar-refractivity contribution in [2.24, 2.45) is 5.73 Å². The van der Waals surface area contributed by atoms with Crippen LogP contribution in [0.25, 0.3) is 0 Å². The number of nitrogens with two attached hydrogens (primary N) is 1. The predicted octanol–water partition coefficient (Wildman–Crippen LogP) is 1.25. The van der Waals surface area contributed by atoms with Crippen molar-refractivity contribution in [1.29, 1.82) is 0 Å². The molecule has 0 aliphatic carbocycles. The highest BCUT2D eigenvalue weighted by Crippen LogP contribution is 2.09. The Kier molecular flexibility index (Phi) is 4.57. The Labute approximate surface area is 99.0 Å². The van der Waals surface area contributed by atoms with Gasteiger partial charge in [-0.1, -0.05) is 29.8 Å². The lowest BCUT2D eigenvalue weighted by Crippen LogP contribution is -2.42. The number of benzene rings is 1. The Bertz CT molecular complexity index is 377. The number of rotatable bonds is 5. The van der Waals surface area contributed by atoms with Crippen LogP contribution in [0.4, 0.5) is 8.78 Å². The first-order chi connectivity index (χ1) is 7.93. The Morgan fingerprint density at radius 1 is 1.35 bits per heavy atom. The molecule has 0 unspecified atom stereocenters. The van der Waals surface area contributed by atoms with Gasteiger partial charge in [0.2, 0.25) is 5.91 Å². The Hall–Kier alpha value is -1.49. The van der Waals surface area contributed by atoms with Crippen molar-refractivity contribution in [3.63, 3.8) is 0 Å². The molecule has 1 aromatic rings. The number of hydrogen-bond donors (Lipinski definition) is 2. The van der Waals surface area contributed by atoms with Crippen molar-refractivity contribution in [3.05, 3.63) is 35.4 Å². The average molecular weight is 242 g/mol. The normalized spacial score (nSPS) is 11.3. The summed E-state index contributed by atoms with van der Waals surface area (Å²) in [7, 11) is 0. The van der Waals surface area contributed by atoms with Crippen LogP contribution in [-0.4, -0.2) is 24.9 Å². The van der Waals surface area contributed by atoms with Gasteiger partial charge in [-0.05, 0) is 12.5 Å². The minimum atomic E-state index is -3.04. The lowest BCUT2D eigenvalue weighted by Gasteiger charge is -2.14. The maximum atomic E-state index is 12.8. The standard InChI is InChI=1S/C12H16F2N2O/c1-9-2-4-10(5-3-9)6-11(17)16-8-12(13,14)7-15/h2-5H,6-8,15H2,1H3,(H,16,17). The van der Waals surface area contributed by atoms with Crippen LogP contribution in [0, 0.1) is 6.92 Å². The Balaban J connectivity index is 2.42. The third-order valence-corrected chi connectivity index (χ3v) is 2.33. The quantitative estimate of drug-likeness (QED) is 0.816. The highest BCUT2D eigenvalue weighted by Gasteiger charge is 2.26. The summed E-state index contributed by atoms with van der Waals surface area (Å²) in [6.45, 7) is 0.456. The van der Waals surface area contributed by atoms with Crippen molar-refractivity contribution >= 4 is 5.91 Å². The molecule has 94 valence electrons. The largest absolute Gasteiger partial charge is 0.350 e. The van der Waals surface area contributed by atoms with Gasteiger partial charge in [-0.15, -0.1) is 0 Å². The summed E-state index contributed by atoms with van der Waals surface area (Å²) < 4.78 is 25.5. The summed E-state index contributed by atoms with van der Waals surface area (Å²) >= 11 is 0. The van der Waals surface area contributed by atoms with Crippen molar-refractivity contribution in [3.8, 4) is 0 Å². The second-order valence-electron chi connectivity index (χ2n) is 4.00. The fraction of sp³-hybridized carbons (Fsp3) is 0.417. The minimum absolute atomic E-state index is 0.0981. The average Bonchev–Trinajstić information content (AvgIpc) is 2.30. The molecule has 0 fully saturated rings. The number of aryl methyl sites for hydroxylation is 1. The molecule has 0 saturated heterocycles. The Morgan fingerprint density at radius 2 is 1.94 bits per heavy atom. The van der Waals surface area contributed by atoms with Crippen molar-refractivity contribution in [2.75, 3.05) is 13.1 Å². The first kappa shape index (κ1) is 13.6. The topological polar surface area (TPSA) is 55.1 Å². The molecule has 5 heteroatoms. The predicted molar refractivity (Wildman–Crippen MR) is 61.9 cm³/mol. The number of alkyl halides is 2. The first-order valence-corrected chi connectivity index (χ1v) is 5.33. The molecule has 0 aliphatic heterocycles. The zero-order valence-electron chi connectivity index (χ0n) is 9.67. The minimum Gasteiger partial charge on any atom is -0.350 e. The van der Waals surface area contributed by atoms with Gasteiger partial charge in [0, 0.05) is 0 Å². The second kappa shape index (κ2) is 5.72. The molecular weight excluding hydrogens is 226 g/mol. The molecule has 0 atom stereocenters. The van der Waals surface area contributed by atoms with E-state index in [1.165, 1.54) is 0 Å². The van der Waals surface area contributed by atoms with Gasteiger partial charge in [0.1, 0.15) is 0 Å². The van der Waals surface area contributed by atoms with E-state index < -0.39 is 24.9 Å². The van der Waals surface area contributed by atoms with Crippen LogP contribution in [-0.2, 0) is 11.2 Å². The molecule has 0 spiro atoms. The maximum Gasteiger partial charge on any atom is 0.277 e. The van der Waals surface area contributed by atoms with Gasteiger partial charge >= 0.3 is 0 Å². The molecule has 0 saturated carbocycles. The monoisotopic (exact) mass is 242 g/mol. The Morgan fingerprint density at radius 3 is 2.47 bits per heavy atom. The number of nitrogens with one attached hydrogen (secondary N) is 1. The number of hydrogen-bond acceptors (Lipinski definition) is 2. The van der Waals surface area contributed by atoms with Crippen molar-refractivity contribution < 1.29 is 13.6 Å². The van der Waals surface area contributed by atoms with Crippen LogP contribution >= 0.6 is 0 Å². The van der Waals surface area contributed by atoms with E-state index >= 15 is 0 Å². The molecule has 1 aromatic carbocycles. The van der Waals surface area contributed by atoms with E-state index in [0.29, 0.717) is 0 Å². The second-order valence-corrected chi connectivity index (χ2v) is 4.00. The highest BCUT2D eigenvalue weighted by molar-refractivity contribution is 5.78. The van der Waals surface area contributed by atoms with Gasteiger partial charge in [0.25, 0.3) is 5.92 Å². The number of amides is 1. The van der Waals surface area contributed by atoms with Crippen molar-refractivity contribution in [2.45, 2.75) is 19.3 Å². The van der Waals surface area contributed by atoms with E-state index in [2.05, 4.69) is 5.32 Å². The number of carbonyl (C=O) groups excluding carboxylic acids is 1. The third kappa shape index (κ3) is 4.91. The lowest BCUT2D eigenvalue weighted by molar-refractivity contribution is -0.122. The molecule has 17 heavy (non-hydrogen) atoms. The fourth-order valence-corrected chi connectivity index (χ4v) is 1.25. The van der Waals surface area contributed by atoms with Crippen LogP contribution in [0.1, 0.15) is 11.1 Å². The number of carbonyl (C=O) groups is 1. The van der Waals surface area contributed by atoms with E-state index in [1.807, 2.05) is 19.1 Å². The summed E-state index contributed by atoms with van der Waals surface area (Å²) in [6.07, 6.45) is 0.0981. The summed E-state index contributed by atoms with van der Waals surface area (Å²) in [5.41, 5.74) is 6.74. The fourth-order valence-electron chi connectivity index (χ4n) is 1.25. The van der Waals surface area contributed by atoms with E-state index in [-0.39, 0.29) is 6.42 Å². The molecule has 0 aromatic heterocycles. The van der Waals surface area contributed by atoms with E-state index in [9.17, 15) is 13.6 Å². The molecular formula is C12H16F2N2O. The zero-order valence-corrected chi connectivity index (χ0v) is 9.67. The van der Waals surface area contributed by atoms with E-state index in [1.54, 1.807) is 12.1 Å². The molecule has 0 bridgehead atoms. The van der Waals surface area contributed by atoms with E-state index in [4.69, 9.17) is 5.73 Å². The van der Waals surface area contributed by atoms with Gasteiger partial charge in [0.15, 0.2) is 0 Å². The SMILES string of the molecule is Cc1ccc(CC(=O)NCC(F)(F)CN)cc1. The van der Waals surface area contributed by atoms with Gasteiger partial charge < -0.3 is 11.1 Å². The van der Waals surface area contributed by atoms with Crippen molar-refractivity contribution in [1.82, 2.24) is 5.32 Å². The summed E-state index contributed by atoms with van der Waals surface area (Å²) in [5, 5.41) is 2.17.